The summed E-state index contributed by atoms with van der Waals surface area (Å²) in [4.78, 5) is 9.11. The van der Waals surface area contributed by atoms with Crippen molar-refractivity contribution >= 4 is 35.1 Å². The van der Waals surface area contributed by atoms with E-state index in [1.807, 2.05) is 23.5 Å². The summed E-state index contributed by atoms with van der Waals surface area (Å²) in [7, 11) is 0. The van der Waals surface area contributed by atoms with E-state index >= 15 is 0 Å². The average molecular weight is 301 g/mol. The molecule has 5 heteroatoms. The molecular weight excluding hydrogens is 284 g/mol. The molecule has 98 valence electrons. The first-order valence-corrected chi connectivity index (χ1v) is 9.14. The fraction of sp³-hybridized carbons (Fsp3) is 0.692. The normalized spacial score (nSPS) is 20.1. The summed E-state index contributed by atoms with van der Waals surface area (Å²) in [6.45, 7) is 0. The van der Waals surface area contributed by atoms with E-state index in [-0.39, 0.29) is 0 Å². The lowest BCUT2D eigenvalue weighted by atomic mass is 10.0. The summed E-state index contributed by atoms with van der Waals surface area (Å²) in [5, 5.41) is 1.49. The van der Waals surface area contributed by atoms with Gasteiger partial charge >= 0.3 is 0 Å². The molecule has 2 aliphatic rings. The molecule has 1 saturated carbocycles. The molecule has 3 rings (SSSR count). The molecule has 0 N–H and O–H groups in total. The third-order valence-corrected chi connectivity index (χ3v) is 6.22. The lowest BCUT2D eigenvalue weighted by Gasteiger charge is -2.20. The van der Waals surface area contributed by atoms with Crippen molar-refractivity contribution in [1.82, 2.24) is 9.97 Å². The molecule has 0 spiro atoms. The van der Waals surface area contributed by atoms with Crippen LogP contribution in [0.15, 0.2) is 0 Å². The van der Waals surface area contributed by atoms with Crippen molar-refractivity contribution in [2.24, 2.45) is 0 Å². The molecule has 18 heavy (non-hydrogen) atoms. The SMILES string of the molecule is Clc1nc(CSC2CCCCC2)nc2c1CSC2. The van der Waals surface area contributed by atoms with Gasteiger partial charge in [0, 0.05) is 22.3 Å². The Balaban J connectivity index is 1.64. The van der Waals surface area contributed by atoms with Gasteiger partial charge in [-0.2, -0.15) is 23.5 Å². The number of rotatable bonds is 3. The Labute approximate surface area is 122 Å². The number of fused-ring (bicyclic) bond motifs is 1. The number of nitrogens with zero attached hydrogens (tertiary/aromatic N) is 2. The summed E-state index contributed by atoms with van der Waals surface area (Å²) in [6, 6.07) is 0. The van der Waals surface area contributed by atoms with Crippen LogP contribution < -0.4 is 0 Å². The molecule has 1 fully saturated rings. The number of thioether (sulfide) groups is 2. The molecule has 0 unspecified atom stereocenters. The van der Waals surface area contributed by atoms with Crippen molar-refractivity contribution in [3.63, 3.8) is 0 Å². The molecule has 1 aromatic heterocycles. The highest BCUT2D eigenvalue weighted by molar-refractivity contribution is 7.99. The zero-order valence-corrected chi connectivity index (χ0v) is 12.7. The van der Waals surface area contributed by atoms with Crippen LogP contribution in [0.1, 0.15) is 49.2 Å². The van der Waals surface area contributed by atoms with E-state index in [1.165, 1.54) is 37.8 Å². The zero-order valence-electron chi connectivity index (χ0n) is 10.3. The molecule has 1 aliphatic carbocycles. The maximum absolute atomic E-state index is 6.22. The van der Waals surface area contributed by atoms with Gasteiger partial charge in [-0.1, -0.05) is 30.9 Å². The van der Waals surface area contributed by atoms with E-state index in [1.54, 1.807) is 0 Å². The smallest absolute Gasteiger partial charge is 0.140 e. The monoisotopic (exact) mass is 300 g/mol. The molecule has 0 saturated heterocycles. The third-order valence-electron chi connectivity index (χ3n) is 3.57. The van der Waals surface area contributed by atoms with E-state index in [0.29, 0.717) is 5.15 Å². The van der Waals surface area contributed by atoms with Gasteiger partial charge in [0.15, 0.2) is 0 Å². The van der Waals surface area contributed by atoms with Gasteiger partial charge in [0.1, 0.15) is 11.0 Å². The van der Waals surface area contributed by atoms with E-state index in [9.17, 15) is 0 Å². The largest absolute Gasteiger partial charge is 0.236 e. The zero-order chi connectivity index (χ0) is 12.4. The van der Waals surface area contributed by atoms with Crippen molar-refractivity contribution in [2.75, 3.05) is 0 Å². The molecule has 0 atom stereocenters. The quantitative estimate of drug-likeness (QED) is 0.771. The van der Waals surface area contributed by atoms with Crippen molar-refractivity contribution < 1.29 is 0 Å². The van der Waals surface area contributed by atoms with Crippen LogP contribution in [0, 0.1) is 0 Å². The van der Waals surface area contributed by atoms with Crippen LogP contribution >= 0.6 is 35.1 Å². The summed E-state index contributed by atoms with van der Waals surface area (Å²) in [5.74, 6) is 3.82. The number of hydrogen-bond donors (Lipinski definition) is 0. The van der Waals surface area contributed by atoms with E-state index in [0.717, 1.165) is 33.9 Å². The van der Waals surface area contributed by atoms with Crippen LogP contribution in [0.2, 0.25) is 5.15 Å². The minimum atomic E-state index is 0.684. The first kappa shape index (κ1) is 13.1. The Bertz CT molecular complexity index is 433. The molecule has 0 amide bonds. The standard InChI is InChI=1S/C13H17ClN2S2/c14-13-10-6-17-7-11(10)15-12(16-13)8-18-9-4-2-1-3-5-9/h9H,1-8H2. The fourth-order valence-corrected chi connectivity index (χ4v) is 5.12. The van der Waals surface area contributed by atoms with E-state index in [2.05, 4.69) is 9.97 Å². The molecular formula is C13H17ClN2S2. The van der Waals surface area contributed by atoms with Crippen LogP contribution in [0.5, 0.6) is 0 Å². The Kier molecular flexibility index (Phi) is 4.37. The average Bonchev–Trinajstić information content (AvgIpc) is 2.86. The molecule has 2 nitrogen and oxygen atoms in total. The van der Waals surface area contributed by atoms with Gasteiger partial charge in [-0.15, -0.1) is 0 Å². The van der Waals surface area contributed by atoms with Gasteiger partial charge in [0.05, 0.1) is 11.4 Å². The third kappa shape index (κ3) is 2.97. The topological polar surface area (TPSA) is 25.8 Å². The Morgan fingerprint density at radius 1 is 1.17 bits per heavy atom. The van der Waals surface area contributed by atoms with Crippen LogP contribution in [0.25, 0.3) is 0 Å². The first-order valence-electron chi connectivity index (χ1n) is 6.56. The minimum absolute atomic E-state index is 0.684. The summed E-state index contributed by atoms with van der Waals surface area (Å²) in [5.41, 5.74) is 2.33. The fourth-order valence-electron chi connectivity index (χ4n) is 2.55. The number of halogens is 1. The number of hydrogen-bond acceptors (Lipinski definition) is 4. The highest BCUT2D eigenvalue weighted by atomic mass is 35.5. The highest BCUT2D eigenvalue weighted by Crippen LogP contribution is 2.34. The molecule has 0 aromatic carbocycles. The molecule has 1 aliphatic heterocycles. The highest BCUT2D eigenvalue weighted by Gasteiger charge is 2.19. The maximum atomic E-state index is 6.22. The van der Waals surface area contributed by atoms with Gasteiger partial charge in [-0.3, -0.25) is 0 Å². The van der Waals surface area contributed by atoms with Crippen molar-refractivity contribution in [3.05, 3.63) is 22.2 Å². The van der Waals surface area contributed by atoms with Crippen molar-refractivity contribution in [3.8, 4) is 0 Å². The first-order chi connectivity index (χ1) is 8.83. The summed E-state index contributed by atoms with van der Waals surface area (Å²) >= 11 is 10.1. The summed E-state index contributed by atoms with van der Waals surface area (Å²) in [6.07, 6.45) is 6.91. The second kappa shape index (κ2) is 6.02. The Morgan fingerprint density at radius 3 is 2.83 bits per heavy atom. The van der Waals surface area contributed by atoms with Crippen molar-refractivity contribution in [1.29, 1.82) is 0 Å². The van der Waals surface area contributed by atoms with Crippen LogP contribution in [0.4, 0.5) is 0 Å². The van der Waals surface area contributed by atoms with Crippen LogP contribution in [0.3, 0.4) is 0 Å². The van der Waals surface area contributed by atoms with Gasteiger partial charge in [0.2, 0.25) is 0 Å². The lowest BCUT2D eigenvalue weighted by Crippen LogP contribution is -2.09. The van der Waals surface area contributed by atoms with Crippen LogP contribution in [-0.4, -0.2) is 15.2 Å². The van der Waals surface area contributed by atoms with Crippen LogP contribution in [-0.2, 0) is 17.3 Å². The minimum Gasteiger partial charge on any atom is -0.236 e. The Morgan fingerprint density at radius 2 is 2.00 bits per heavy atom. The van der Waals surface area contributed by atoms with Gasteiger partial charge in [0.25, 0.3) is 0 Å². The van der Waals surface area contributed by atoms with Gasteiger partial charge in [-0.25, -0.2) is 9.97 Å². The second-order valence-electron chi connectivity index (χ2n) is 4.92. The molecule has 2 heterocycles. The second-order valence-corrected chi connectivity index (χ2v) is 7.55. The molecule has 1 aromatic rings. The Hall–Kier alpha value is 0.0700. The lowest BCUT2D eigenvalue weighted by molar-refractivity contribution is 0.516. The van der Waals surface area contributed by atoms with E-state index in [4.69, 9.17) is 11.6 Å². The number of aromatic nitrogens is 2. The predicted molar refractivity (Wildman–Crippen MR) is 80.2 cm³/mol. The van der Waals surface area contributed by atoms with Gasteiger partial charge < -0.3 is 0 Å². The van der Waals surface area contributed by atoms with E-state index < -0.39 is 0 Å². The van der Waals surface area contributed by atoms with Gasteiger partial charge in [-0.05, 0) is 12.8 Å². The van der Waals surface area contributed by atoms with Crippen molar-refractivity contribution in [2.45, 2.75) is 54.6 Å². The molecule has 0 radical (unpaired) electrons. The summed E-state index contributed by atoms with van der Waals surface area (Å²) < 4.78 is 0. The molecule has 0 bridgehead atoms. The predicted octanol–water partition coefficient (Wildman–Crippen LogP) is 4.44. The maximum Gasteiger partial charge on any atom is 0.140 e.